The molecule has 0 unspecified atom stereocenters. The lowest BCUT2D eigenvalue weighted by Gasteiger charge is -2.47. The minimum Gasteiger partial charge on any atom is -0.503 e. The lowest BCUT2D eigenvalue weighted by molar-refractivity contribution is 0.0692. The molecule has 0 spiro atoms. The summed E-state index contributed by atoms with van der Waals surface area (Å²) in [6.45, 7) is 7.04. The highest BCUT2D eigenvalue weighted by Crippen LogP contribution is 2.53. The largest absolute Gasteiger partial charge is 0.503 e. The van der Waals surface area contributed by atoms with Gasteiger partial charge in [0.05, 0.1) is 22.9 Å². The number of rotatable bonds is 7. The van der Waals surface area contributed by atoms with E-state index in [1.807, 2.05) is 26.8 Å². The maximum atomic E-state index is 12.7. The van der Waals surface area contributed by atoms with Crippen LogP contribution < -0.4 is 10.2 Å². The minimum absolute atomic E-state index is 0.198. The van der Waals surface area contributed by atoms with Crippen molar-refractivity contribution < 1.29 is 24.5 Å². The summed E-state index contributed by atoms with van der Waals surface area (Å²) >= 11 is 5.01. The van der Waals surface area contributed by atoms with E-state index in [-0.39, 0.29) is 11.6 Å². The molecule has 9 heteroatoms. The van der Waals surface area contributed by atoms with Gasteiger partial charge in [-0.2, -0.15) is 12.6 Å². The molecule has 0 bridgehead atoms. The number of carbonyl (C=O) groups is 1. The first-order chi connectivity index (χ1) is 15.5. The third-order valence-corrected chi connectivity index (χ3v) is 7.53. The molecule has 0 amide bonds. The van der Waals surface area contributed by atoms with Gasteiger partial charge in [-0.1, -0.05) is 20.8 Å². The van der Waals surface area contributed by atoms with Gasteiger partial charge in [-0.3, -0.25) is 4.79 Å². The molecule has 0 radical (unpaired) electrons. The Morgan fingerprint density at radius 2 is 2.03 bits per heavy atom. The molecule has 2 N–H and O–H groups in total. The Morgan fingerprint density at radius 3 is 2.61 bits per heavy atom. The number of pyridine rings is 2. The van der Waals surface area contributed by atoms with E-state index in [4.69, 9.17) is 27.1 Å². The highest BCUT2D eigenvalue weighted by atomic mass is 32.1. The normalized spacial score (nSPS) is 19.7. The van der Waals surface area contributed by atoms with Crippen molar-refractivity contribution in [1.82, 2.24) is 9.55 Å². The number of carboxylic acid groups (broad SMARTS) is 1. The molecule has 0 aromatic carbocycles. The van der Waals surface area contributed by atoms with Crippen LogP contribution in [0.15, 0.2) is 17.1 Å². The Morgan fingerprint density at radius 1 is 1.33 bits per heavy atom. The lowest BCUT2D eigenvalue weighted by atomic mass is 9.78. The van der Waals surface area contributed by atoms with Gasteiger partial charge in [0.25, 0.3) is 0 Å². The number of fused-ring (bicyclic) bond motifs is 3. The second-order valence-electron chi connectivity index (χ2n) is 9.84. The van der Waals surface area contributed by atoms with Crippen molar-refractivity contribution >= 4 is 18.6 Å². The van der Waals surface area contributed by atoms with E-state index in [0.29, 0.717) is 31.1 Å². The summed E-state index contributed by atoms with van der Waals surface area (Å²) in [5, 5.41) is 20.5. The number of aromatic nitrogens is 2. The topological polar surface area (TPSA) is 111 Å². The molecular formula is C24H30N2O6S. The van der Waals surface area contributed by atoms with E-state index >= 15 is 0 Å². The van der Waals surface area contributed by atoms with Crippen molar-refractivity contribution in [3.05, 3.63) is 39.3 Å². The van der Waals surface area contributed by atoms with Gasteiger partial charge in [-0.15, -0.1) is 0 Å². The van der Waals surface area contributed by atoms with Gasteiger partial charge in [-0.25, -0.2) is 9.78 Å². The molecular weight excluding hydrogens is 444 g/mol. The number of nitrogens with zero attached hydrogens (tertiary/aromatic N) is 2. The first kappa shape index (κ1) is 23.6. The fraction of sp³-hybridized carbons (Fsp3) is 0.542. The maximum absolute atomic E-state index is 12.7. The monoisotopic (exact) mass is 474 g/mol. The Hall–Kier alpha value is -2.52. The fourth-order valence-electron chi connectivity index (χ4n) is 4.29. The van der Waals surface area contributed by atoms with Crippen LogP contribution in [0, 0.1) is 5.41 Å². The quantitative estimate of drug-likeness (QED) is 0.414. The molecule has 0 saturated heterocycles. The predicted octanol–water partition coefficient (Wildman–Crippen LogP) is 3.79. The standard InChI is InChI=1S/C24H30N2O6S/c1-23(2,3)24(33)11-14-10-16(32-9-5-8-31-4)17(13-6-7-13)25-18(14)19-21(28)20(27)15(22(29)30)12-26(19)24/h10,12-13,28,33H,5-9,11H2,1-4H3,(H,29,30)/t24-/m0/s1. The summed E-state index contributed by atoms with van der Waals surface area (Å²) in [6, 6.07) is 1.94. The second-order valence-corrected chi connectivity index (χ2v) is 10.6. The zero-order valence-corrected chi connectivity index (χ0v) is 20.2. The molecule has 1 saturated carbocycles. The van der Waals surface area contributed by atoms with E-state index in [1.54, 1.807) is 11.7 Å². The van der Waals surface area contributed by atoms with Crippen LogP contribution in [-0.4, -0.2) is 46.1 Å². The zero-order chi connectivity index (χ0) is 24.1. The molecule has 2 aromatic heterocycles. The maximum Gasteiger partial charge on any atom is 0.341 e. The summed E-state index contributed by atoms with van der Waals surface area (Å²) in [5.41, 5.74) is 0.376. The summed E-state index contributed by atoms with van der Waals surface area (Å²) in [6.07, 6.45) is 4.43. The number of carboxylic acids is 1. The number of hydrogen-bond acceptors (Lipinski definition) is 7. The highest BCUT2D eigenvalue weighted by Gasteiger charge is 2.47. The molecule has 3 heterocycles. The smallest absolute Gasteiger partial charge is 0.341 e. The highest BCUT2D eigenvalue weighted by molar-refractivity contribution is 7.81. The van der Waals surface area contributed by atoms with Crippen molar-refractivity contribution in [3.63, 3.8) is 0 Å². The second kappa shape index (κ2) is 8.36. The number of ether oxygens (including phenoxy) is 2. The van der Waals surface area contributed by atoms with Gasteiger partial charge in [-0.05, 0) is 29.9 Å². The van der Waals surface area contributed by atoms with Crippen molar-refractivity contribution in [2.24, 2.45) is 5.41 Å². The van der Waals surface area contributed by atoms with Crippen molar-refractivity contribution in [2.45, 2.75) is 57.2 Å². The number of methoxy groups -OCH3 is 1. The number of hydrogen-bond donors (Lipinski definition) is 3. The van der Waals surface area contributed by atoms with E-state index in [1.165, 1.54) is 6.20 Å². The minimum atomic E-state index is -1.40. The van der Waals surface area contributed by atoms with Crippen LogP contribution in [0.5, 0.6) is 11.5 Å². The van der Waals surface area contributed by atoms with E-state index in [2.05, 4.69) is 0 Å². The van der Waals surface area contributed by atoms with Crippen LogP contribution in [0.25, 0.3) is 11.4 Å². The molecule has 2 aromatic rings. The molecule has 8 nitrogen and oxygen atoms in total. The third kappa shape index (κ3) is 4.01. The molecule has 4 rings (SSSR count). The first-order valence-corrected chi connectivity index (χ1v) is 11.5. The van der Waals surface area contributed by atoms with Crippen LogP contribution in [-0.2, 0) is 16.0 Å². The Kier molecular flexibility index (Phi) is 5.99. The number of aromatic carboxylic acids is 1. The Balaban J connectivity index is 1.94. The Labute approximate surface area is 198 Å². The van der Waals surface area contributed by atoms with Gasteiger partial charge in [0.1, 0.15) is 17.0 Å². The van der Waals surface area contributed by atoms with E-state index in [0.717, 1.165) is 30.5 Å². The van der Waals surface area contributed by atoms with Crippen molar-refractivity contribution in [1.29, 1.82) is 0 Å². The predicted molar refractivity (Wildman–Crippen MR) is 127 cm³/mol. The zero-order valence-electron chi connectivity index (χ0n) is 19.3. The molecule has 33 heavy (non-hydrogen) atoms. The summed E-state index contributed by atoms with van der Waals surface area (Å²) < 4.78 is 12.8. The average molecular weight is 475 g/mol. The van der Waals surface area contributed by atoms with Gasteiger partial charge in [0.2, 0.25) is 5.43 Å². The first-order valence-electron chi connectivity index (χ1n) is 11.1. The van der Waals surface area contributed by atoms with Crippen LogP contribution in [0.2, 0.25) is 0 Å². The van der Waals surface area contributed by atoms with Crippen molar-refractivity contribution in [3.8, 4) is 22.9 Å². The average Bonchev–Trinajstić information content (AvgIpc) is 3.57. The van der Waals surface area contributed by atoms with Crippen LogP contribution in [0.1, 0.15) is 67.6 Å². The van der Waals surface area contributed by atoms with Gasteiger partial charge >= 0.3 is 5.97 Å². The van der Waals surface area contributed by atoms with Gasteiger partial charge in [0, 0.05) is 38.7 Å². The van der Waals surface area contributed by atoms with Crippen molar-refractivity contribution in [2.75, 3.05) is 20.3 Å². The number of thiol groups is 1. The molecule has 1 atom stereocenters. The lowest BCUT2D eigenvalue weighted by Crippen LogP contribution is -2.46. The van der Waals surface area contributed by atoms with Crippen LogP contribution in [0.4, 0.5) is 0 Å². The van der Waals surface area contributed by atoms with Gasteiger partial charge < -0.3 is 24.3 Å². The molecule has 1 aliphatic heterocycles. The van der Waals surface area contributed by atoms with E-state index < -0.39 is 33.0 Å². The van der Waals surface area contributed by atoms with Crippen LogP contribution >= 0.6 is 12.6 Å². The number of aromatic hydroxyl groups is 1. The summed E-state index contributed by atoms with van der Waals surface area (Å²) in [7, 11) is 1.65. The molecule has 2 aliphatic rings. The molecule has 178 valence electrons. The Bertz CT molecular complexity index is 1170. The summed E-state index contributed by atoms with van der Waals surface area (Å²) in [5.74, 6) is -1.05. The molecule has 1 aliphatic carbocycles. The summed E-state index contributed by atoms with van der Waals surface area (Å²) in [4.78, 5) is 28.4. The SMILES string of the molecule is COCCCOc1cc2c(nc1C1CC1)-c1c(O)c(=O)c(C(=O)O)cn1[C@@](S)(C(C)(C)C)C2. The van der Waals surface area contributed by atoms with Crippen LogP contribution in [0.3, 0.4) is 0 Å². The van der Waals surface area contributed by atoms with E-state index in [9.17, 15) is 19.8 Å². The fourth-order valence-corrected chi connectivity index (χ4v) is 4.62. The van der Waals surface area contributed by atoms with Gasteiger partial charge in [0.15, 0.2) is 5.75 Å². The third-order valence-electron chi connectivity index (χ3n) is 6.48. The molecule has 1 fully saturated rings.